The Kier molecular flexibility index (Phi) is 5.59. The molecule has 0 saturated heterocycles. The molecule has 1 aromatic carbocycles. The van der Waals surface area contributed by atoms with Gasteiger partial charge in [-0.15, -0.1) is 0 Å². The average Bonchev–Trinajstić information content (AvgIpc) is 2.63. The fourth-order valence-corrected chi connectivity index (χ4v) is 3.76. The van der Waals surface area contributed by atoms with Gasteiger partial charge in [-0.3, -0.25) is 9.59 Å². The first-order chi connectivity index (χ1) is 12.4. The Balaban J connectivity index is 1.52. The van der Waals surface area contributed by atoms with Gasteiger partial charge in [-0.1, -0.05) is 26.7 Å². The number of hydrogen-bond acceptors (Lipinski definition) is 4. The molecule has 6 heteroatoms. The van der Waals surface area contributed by atoms with Crippen LogP contribution in [0.5, 0.6) is 0 Å². The lowest BCUT2D eigenvalue weighted by atomic mass is 9.78. The van der Waals surface area contributed by atoms with Crippen molar-refractivity contribution in [3.63, 3.8) is 0 Å². The molecule has 3 rings (SSSR count). The van der Waals surface area contributed by atoms with E-state index in [2.05, 4.69) is 24.5 Å². The van der Waals surface area contributed by atoms with Crippen molar-refractivity contribution < 1.29 is 19.1 Å². The fourth-order valence-electron chi connectivity index (χ4n) is 3.76. The second kappa shape index (κ2) is 7.89. The van der Waals surface area contributed by atoms with Gasteiger partial charge in [-0.05, 0) is 48.4 Å². The molecule has 140 valence electrons. The molecular formula is C20H26N2O4. The smallest absolute Gasteiger partial charge is 0.338 e. The number of aryl methyl sites for hydroxylation is 1. The highest BCUT2D eigenvalue weighted by Crippen LogP contribution is 2.29. The zero-order valence-corrected chi connectivity index (χ0v) is 15.3. The number of anilines is 1. The summed E-state index contributed by atoms with van der Waals surface area (Å²) in [5, 5.41) is 5.77. The zero-order chi connectivity index (χ0) is 18.7. The molecule has 26 heavy (non-hydrogen) atoms. The maximum Gasteiger partial charge on any atom is 0.338 e. The number of nitrogens with one attached hydrogen (secondary N) is 2. The Bertz CT molecular complexity index is 716. The molecule has 3 atom stereocenters. The number of hydrogen-bond donors (Lipinski definition) is 2. The Labute approximate surface area is 153 Å². The normalized spacial score (nSPS) is 25.0. The average molecular weight is 358 g/mol. The van der Waals surface area contributed by atoms with Crippen molar-refractivity contribution >= 4 is 23.5 Å². The third kappa shape index (κ3) is 4.23. The summed E-state index contributed by atoms with van der Waals surface area (Å²) in [6, 6.07) is 5.18. The SMILES string of the molecule is CC1CCCC(NC(=O)COC(=O)c2ccc3c(c2)CCC(=O)N3)C1C. The summed E-state index contributed by atoms with van der Waals surface area (Å²) in [6.45, 7) is 4.10. The van der Waals surface area contributed by atoms with Crippen molar-refractivity contribution in [2.75, 3.05) is 11.9 Å². The topological polar surface area (TPSA) is 84.5 Å². The number of carbonyl (C=O) groups excluding carboxylic acids is 3. The molecule has 1 saturated carbocycles. The first-order valence-electron chi connectivity index (χ1n) is 9.33. The molecule has 6 nitrogen and oxygen atoms in total. The highest BCUT2D eigenvalue weighted by molar-refractivity contribution is 5.96. The molecule has 3 unspecified atom stereocenters. The van der Waals surface area contributed by atoms with Crippen molar-refractivity contribution in [1.82, 2.24) is 5.32 Å². The van der Waals surface area contributed by atoms with E-state index < -0.39 is 5.97 Å². The summed E-state index contributed by atoms with van der Waals surface area (Å²) in [7, 11) is 0. The highest BCUT2D eigenvalue weighted by Gasteiger charge is 2.28. The van der Waals surface area contributed by atoms with E-state index in [1.54, 1.807) is 18.2 Å². The first-order valence-corrected chi connectivity index (χ1v) is 9.33. The highest BCUT2D eigenvalue weighted by atomic mass is 16.5. The summed E-state index contributed by atoms with van der Waals surface area (Å²) in [6.07, 6.45) is 4.29. The van der Waals surface area contributed by atoms with E-state index >= 15 is 0 Å². The van der Waals surface area contributed by atoms with E-state index in [9.17, 15) is 14.4 Å². The second-order valence-electron chi connectivity index (χ2n) is 7.44. The molecule has 0 aromatic heterocycles. The lowest BCUT2D eigenvalue weighted by molar-refractivity contribution is -0.125. The van der Waals surface area contributed by atoms with Gasteiger partial charge in [0, 0.05) is 18.2 Å². The molecule has 1 heterocycles. The Hall–Kier alpha value is -2.37. The molecule has 1 aliphatic carbocycles. The summed E-state index contributed by atoms with van der Waals surface area (Å²) in [4.78, 5) is 35.7. The minimum Gasteiger partial charge on any atom is -0.452 e. The van der Waals surface area contributed by atoms with Crippen LogP contribution in [0.3, 0.4) is 0 Å². The van der Waals surface area contributed by atoms with Gasteiger partial charge in [0.1, 0.15) is 0 Å². The van der Waals surface area contributed by atoms with Crippen molar-refractivity contribution in [1.29, 1.82) is 0 Å². The maximum atomic E-state index is 12.2. The van der Waals surface area contributed by atoms with Gasteiger partial charge in [0.15, 0.2) is 6.61 Å². The molecule has 2 N–H and O–H groups in total. The number of esters is 1. The number of amides is 2. The van der Waals surface area contributed by atoms with Gasteiger partial charge in [0.2, 0.25) is 5.91 Å². The second-order valence-corrected chi connectivity index (χ2v) is 7.44. The molecule has 2 amide bonds. The minimum absolute atomic E-state index is 0.0178. The molecule has 0 bridgehead atoms. The molecule has 1 aromatic rings. The largest absolute Gasteiger partial charge is 0.452 e. The van der Waals surface area contributed by atoms with Crippen LogP contribution in [0.15, 0.2) is 18.2 Å². The van der Waals surface area contributed by atoms with Crippen molar-refractivity contribution in [2.24, 2.45) is 11.8 Å². The number of rotatable bonds is 4. The molecule has 2 aliphatic rings. The first kappa shape index (κ1) is 18.4. The number of carbonyl (C=O) groups is 3. The van der Waals surface area contributed by atoms with E-state index in [1.807, 2.05) is 0 Å². The third-order valence-electron chi connectivity index (χ3n) is 5.62. The van der Waals surface area contributed by atoms with Gasteiger partial charge < -0.3 is 15.4 Å². The predicted octanol–water partition coefficient (Wildman–Crippen LogP) is 2.67. The number of fused-ring (bicyclic) bond motifs is 1. The standard InChI is InChI=1S/C20H26N2O4/c1-12-4-3-5-16(13(12)2)21-19(24)11-26-20(25)15-6-8-17-14(10-15)7-9-18(23)22-17/h6,8,10,12-13,16H,3-5,7,9,11H2,1-2H3,(H,21,24)(H,22,23). The molecule has 1 aliphatic heterocycles. The van der Waals surface area contributed by atoms with Crippen LogP contribution >= 0.6 is 0 Å². The lowest BCUT2D eigenvalue weighted by Crippen LogP contribution is -2.45. The van der Waals surface area contributed by atoms with Gasteiger partial charge in [-0.25, -0.2) is 4.79 Å². The zero-order valence-electron chi connectivity index (χ0n) is 15.3. The van der Waals surface area contributed by atoms with Gasteiger partial charge in [0.25, 0.3) is 5.91 Å². The van der Waals surface area contributed by atoms with E-state index in [0.717, 1.165) is 24.1 Å². The van der Waals surface area contributed by atoms with Crippen molar-refractivity contribution in [2.45, 2.75) is 52.0 Å². The van der Waals surface area contributed by atoms with Crippen LogP contribution in [-0.4, -0.2) is 30.4 Å². The maximum absolute atomic E-state index is 12.2. The van der Waals surface area contributed by atoms with Crippen LogP contribution in [-0.2, 0) is 20.7 Å². The molecular weight excluding hydrogens is 332 g/mol. The van der Waals surface area contributed by atoms with Gasteiger partial charge in [0.05, 0.1) is 5.56 Å². The summed E-state index contributed by atoms with van der Waals surface area (Å²) >= 11 is 0. The molecule has 0 spiro atoms. The van der Waals surface area contributed by atoms with Crippen LogP contribution in [0.1, 0.15) is 55.5 Å². The van der Waals surface area contributed by atoms with Crippen molar-refractivity contribution in [3.8, 4) is 0 Å². The predicted molar refractivity (Wildman–Crippen MR) is 97.8 cm³/mol. The summed E-state index contributed by atoms with van der Waals surface area (Å²) in [5.41, 5.74) is 2.04. The monoisotopic (exact) mass is 358 g/mol. The Morgan fingerprint density at radius 2 is 2.04 bits per heavy atom. The number of ether oxygens (including phenoxy) is 1. The van der Waals surface area contributed by atoms with Gasteiger partial charge >= 0.3 is 5.97 Å². The third-order valence-corrected chi connectivity index (χ3v) is 5.62. The van der Waals surface area contributed by atoms with Gasteiger partial charge in [-0.2, -0.15) is 0 Å². The van der Waals surface area contributed by atoms with Crippen LogP contribution in [0, 0.1) is 11.8 Å². The minimum atomic E-state index is -0.523. The molecule has 1 fully saturated rings. The summed E-state index contributed by atoms with van der Waals surface area (Å²) < 4.78 is 5.17. The van der Waals surface area contributed by atoms with E-state index in [0.29, 0.717) is 30.2 Å². The van der Waals surface area contributed by atoms with Crippen LogP contribution < -0.4 is 10.6 Å². The fraction of sp³-hybridized carbons (Fsp3) is 0.550. The quantitative estimate of drug-likeness (QED) is 0.811. The summed E-state index contributed by atoms with van der Waals surface area (Å²) in [5.74, 6) is 0.224. The molecule has 0 radical (unpaired) electrons. The number of benzene rings is 1. The van der Waals surface area contributed by atoms with Crippen molar-refractivity contribution in [3.05, 3.63) is 29.3 Å². The van der Waals surface area contributed by atoms with Crippen LogP contribution in [0.4, 0.5) is 5.69 Å². The van der Waals surface area contributed by atoms with Crippen LogP contribution in [0.2, 0.25) is 0 Å². The lowest BCUT2D eigenvalue weighted by Gasteiger charge is -2.34. The van der Waals surface area contributed by atoms with E-state index in [1.165, 1.54) is 6.42 Å². The Morgan fingerprint density at radius 1 is 1.23 bits per heavy atom. The van der Waals surface area contributed by atoms with E-state index in [-0.39, 0.29) is 24.5 Å². The van der Waals surface area contributed by atoms with Crippen LogP contribution in [0.25, 0.3) is 0 Å². The Morgan fingerprint density at radius 3 is 2.85 bits per heavy atom. The van der Waals surface area contributed by atoms with E-state index in [4.69, 9.17) is 4.74 Å².